The zero-order valence-corrected chi connectivity index (χ0v) is 12.3. The number of rotatable bonds is 3. The normalized spacial score (nSPS) is 21.9. The van der Waals surface area contributed by atoms with E-state index in [1.165, 1.54) is 6.42 Å². The summed E-state index contributed by atoms with van der Waals surface area (Å²) in [4.78, 5) is 13.9. The van der Waals surface area contributed by atoms with Crippen LogP contribution in [0.25, 0.3) is 0 Å². The molecular formula is C16H23N3O2. The van der Waals surface area contributed by atoms with Crippen LogP contribution in [0.5, 0.6) is 0 Å². The molecule has 0 saturated carbocycles. The quantitative estimate of drug-likeness (QED) is 0.743. The van der Waals surface area contributed by atoms with E-state index >= 15 is 0 Å². The highest BCUT2D eigenvalue weighted by molar-refractivity contribution is 5.95. The SMILES string of the molecule is Nc1cc2c(cc1N1CCCCC1CCO)NC(=O)CC2. The second kappa shape index (κ2) is 5.93. The van der Waals surface area contributed by atoms with Crippen molar-refractivity contribution < 1.29 is 9.90 Å². The molecule has 5 nitrogen and oxygen atoms in total. The Balaban J connectivity index is 1.93. The minimum atomic E-state index is 0.0729. The average Bonchev–Trinajstić information content (AvgIpc) is 2.48. The molecule has 0 bridgehead atoms. The molecule has 1 aromatic carbocycles. The van der Waals surface area contributed by atoms with Gasteiger partial charge in [-0.3, -0.25) is 4.79 Å². The Labute approximate surface area is 125 Å². The van der Waals surface area contributed by atoms with Gasteiger partial charge in [-0.25, -0.2) is 0 Å². The van der Waals surface area contributed by atoms with Gasteiger partial charge in [-0.2, -0.15) is 0 Å². The largest absolute Gasteiger partial charge is 0.397 e. The summed E-state index contributed by atoms with van der Waals surface area (Å²) in [5, 5.41) is 12.2. The Kier molecular flexibility index (Phi) is 4.01. The highest BCUT2D eigenvalue weighted by Gasteiger charge is 2.25. The predicted molar refractivity (Wildman–Crippen MR) is 84.5 cm³/mol. The number of anilines is 3. The summed E-state index contributed by atoms with van der Waals surface area (Å²) in [6, 6.07) is 4.34. The van der Waals surface area contributed by atoms with Gasteiger partial charge in [0, 0.05) is 31.3 Å². The maximum absolute atomic E-state index is 11.6. The summed E-state index contributed by atoms with van der Waals surface area (Å²) < 4.78 is 0. The smallest absolute Gasteiger partial charge is 0.224 e. The van der Waals surface area contributed by atoms with Crippen LogP contribution < -0.4 is 16.0 Å². The molecular weight excluding hydrogens is 266 g/mol. The van der Waals surface area contributed by atoms with Crippen LogP contribution in [0, 0.1) is 0 Å². The third kappa shape index (κ3) is 2.83. The third-order valence-corrected chi connectivity index (χ3v) is 4.55. The van der Waals surface area contributed by atoms with Crippen molar-refractivity contribution in [2.45, 2.75) is 44.6 Å². The van der Waals surface area contributed by atoms with Gasteiger partial charge >= 0.3 is 0 Å². The number of hydrogen-bond donors (Lipinski definition) is 3. The number of benzene rings is 1. The van der Waals surface area contributed by atoms with Gasteiger partial charge in [0.25, 0.3) is 0 Å². The molecule has 5 heteroatoms. The fraction of sp³-hybridized carbons (Fsp3) is 0.562. The van der Waals surface area contributed by atoms with Gasteiger partial charge in [0.2, 0.25) is 5.91 Å². The van der Waals surface area contributed by atoms with Crippen LogP contribution in [-0.2, 0) is 11.2 Å². The first-order chi connectivity index (χ1) is 10.2. The third-order valence-electron chi connectivity index (χ3n) is 4.55. The Hall–Kier alpha value is -1.75. The lowest BCUT2D eigenvalue weighted by Crippen LogP contribution is -2.40. The Morgan fingerprint density at radius 1 is 1.33 bits per heavy atom. The molecule has 2 aliphatic rings. The fourth-order valence-corrected chi connectivity index (χ4v) is 3.45. The standard InChI is InChI=1S/C16H23N3O2/c17-13-9-11-4-5-16(21)18-14(11)10-15(13)19-7-2-1-3-12(19)6-8-20/h9-10,12,20H,1-8,17H2,(H,18,21). The van der Waals surface area contributed by atoms with Crippen molar-refractivity contribution in [3.05, 3.63) is 17.7 Å². The molecule has 114 valence electrons. The highest BCUT2D eigenvalue weighted by Crippen LogP contribution is 2.36. The fourth-order valence-electron chi connectivity index (χ4n) is 3.45. The van der Waals surface area contributed by atoms with E-state index in [0.717, 1.165) is 54.9 Å². The van der Waals surface area contributed by atoms with E-state index in [9.17, 15) is 9.90 Å². The van der Waals surface area contributed by atoms with Crippen LogP contribution in [0.1, 0.15) is 37.7 Å². The highest BCUT2D eigenvalue weighted by atomic mass is 16.3. The number of piperidine rings is 1. The van der Waals surface area contributed by atoms with Crippen LogP contribution >= 0.6 is 0 Å². The van der Waals surface area contributed by atoms with Crippen molar-refractivity contribution >= 4 is 23.0 Å². The minimum absolute atomic E-state index is 0.0729. The number of aliphatic hydroxyl groups is 1. The molecule has 1 fully saturated rings. The molecule has 3 rings (SSSR count). The number of aryl methyl sites for hydroxylation is 1. The molecule has 1 amide bonds. The van der Waals surface area contributed by atoms with E-state index < -0.39 is 0 Å². The molecule has 21 heavy (non-hydrogen) atoms. The van der Waals surface area contributed by atoms with E-state index in [1.807, 2.05) is 12.1 Å². The lowest BCUT2D eigenvalue weighted by Gasteiger charge is -2.38. The number of nitrogens with one attached hydrogen (secondary N) is 1. The monoisotopic (exact) mass is 289 g/mol. The van der Waals surface area contributed by atoms with E-state index in [2.05, 4.69) is 10.2 Å². The van der Waals surface area contributed by atoms with E-state index in [0.29, 0.717) is 12.5 Å². The van der Waals surface area contributed by atoms with Gasteiger partial charge in [-0.05, 0) is 49.8 Å². The Bertz CT molecular complexity index is 543. The first-order valence-corrected chi connectivity index (χ1v) is 7.79. The number of amides is 1. The molecule has 2 aliphatic heterocycles. The summed E-state index contributed by atoms with van der Waals surface area (Å²) in [7, 11) is 0. The molecule has 1 aromatic rings. The van der Waals surface area contributed by atoms with Gasteiger partial charge in [-0.1, -0.05) is 0 Å². The first kappa shape index (κ1) is 14.2. The number of fused-ring (bicyclic) bond motifs is 1. The van der Waals surface area contributed by atoms with Crippen LogP contribution in [0.3, 0.4) is 0 Å². The number of carbonyl (C=O) groups excluding carboxylic acids is 1. The van der Waals surface area contributed by atoms with Crippen molar-refractivity contribution in [3.63, 3.8) is 0 Å². The number of nitrogens with two attached hydrogens (primary N) is 1. The molecule has 0 aliphatic carbocycles. The van der Waals surface area contributed by atoms with Gasteiger partial charge in [0.05, 0.1) is 11.4 Å². The number of nitrogen functional groups attached to an aromatic ring is 1. The van der Waals surface area contributed by atoms with E-state index in [4.69, 9.17) is 5.73 Å². The molecule has 1 saturated heterocycles. The summed E-state index contributed by atoms with van der Waals surface area (Å²) in [6.07, 6.45) is 5.48. The number of nitrogens with zero attached hydrogens (tertiary/aromatic N) is 1. The van der Waals surface area contributed by atoms with E-state index in [-0.39, 0.29) is 12.5 Å². The molecule has 0 spiro atoms. The van der Waals surface area contributed by atoms with Gasteiger partial charge in [0.15, 0.2) is 0 Å². The van der Waals surface area contributed by atoms with Crippen LogP contribution in [0.15, 0.2) is 12.1 Å². The predicted octanol–water partition coefficient (Wildman–Crippen LogP) is 1.89. The lowest BCUT2D eigenvalue weighted by molar-refractivity contribution is -0.116. The van der Waals surface area contributed by atoms with Crippen molar-refractivity contribution in [3.8, 4) is 0 Å². The molecule has 0 aromatic heterocycles. The average molecular weight is 289 g/mol. The zero-order chi connectivity index (χ0) is 14.8. The number of aliphatic hydroxyl groups excluding tert-OH is 1. The Morgan fingerprint density at radius 3 is 3.00 bits per heavy atom. The summed E-state index contributed by atoms with van der Waals surface area (Å²) >= 11 is 0. The van der Waals surface area contributed by atoms with Crippen molar-refractivity contribution in [1.82, 2.24) is 0 Å². The van der Waals surface area contributed by atoms with Crippen LogP contribution in [0.2, 0.25) is 0 Å². The van der Waals surface area contributed by atoms with Crippen LogP contribution in [0.4, 0.5) is 17.1 Å². The second-order valence-corrected chi connectivity index (χ2v) is 5.97. The summed E-state index contributed by atoms with van der Waals surface area (Å²) in [5.74, 6) is 0.0729. The van der Waals surface area contributed by atoms with Crippen molar-refractivity contribution in [2.24, 2.45) is 0 Å². The molecule has 1 atom stereocenters. The van der Waals surface area contributed by atoms with Gasteiger partial charge < -0.3 is 21.1 Å². The molecule has 1 unspecified atom stereocenters. The topological polar surface area (TPSA) is 78.6 Å². The summed E-state index contributed by atoms with van der Waals surface area (Å²) in [6.45, 7) is 1.16. The zero-order valence-electron chi connectivity index (χ0n) is 12.3. The van der Waals surface area contributed by atoms with Crippen molar-refractivity contribution in [1.29, 1.82) is 0 Å². The van der Waals surface area contributed by atoms with Gasteiger partial charge in [0.1, 0.15) is 0 Å². The van der Waals surface area contributed by atoms with Crippen molar-refractivity contribution in [2.75, 3.05) is 29.1 Å². The Morgan fingerprint density at radius 2 is 2.19 bits per heavy atom. The summed E-state index contributed by atoms with van der Waals surface area (Å²) in [5.41, 5.74) is 10.0. The van der Waals surface area contributed by atoms with Crippen LogP contribution in [-0.4, -0.2) is 30.2 Å². The minimum Gasteiger partial charge on any atom is -0.397 e. The van der Waals surface area contributed by atoms with Gasteiger partial charge in [-0.15, -0.1) is 0 Å². The number of carbonyl (C=O) groups is 1. The molecule has 0 radical (unpaired) electrons. The number of hydrogen-bond acceptors (Lipinski definition) is 4. The first-order valence-electron chi connectivity index (χ1n) is 7.79. The second-order valence-electron chi connectivity index (χ2n) is 5.97. The lowest BCUT2D eigenvalue weighted by atomic mass is 9.96. The molecule has 4 N–H and O–H groups in total. The maximum atomic E-state index is 11.6. The maximum Gasteiger partial charge on any atom is 0.224 e. The van der Waals surface area contributed by atoms with E-state index in [1.54, 1.807) is 0 Å². The molecule has 2 heterocycles.